The minimum atomic E-state index is -4.06. The summed E-state index contributed by atoms with van der Waals surface area (Å²) in [4.78, 5) is 24.2. The zero-order valence-electron chi connectivity index (χ0n) is 17.0. The van der Waals surface area contributed by atoms with Crippen LogP contribution in [0.4, 0.5) is 11.4 Å². The summed E-state index contributed by atoms with van der Waals surface area (Å²) in [5, 5.41) is 2.70. The molecule has 0 saturated heterocycles. The van der Waals surface area contributed by atoms with E-state index in [9.17, 15) is 18.0 Å². The Morgan fingerprint density at radius 2 is 1.50 bits per heavy atom. The van der Waals surface area contributed by atoms with Crippen LogP contribution in [-0.4, -0.2) is 27.4 Å². The van der Waals surface area contributed by atoms with Crippen molar-refractivity contribution in [1.29, 1.82) is 0 Å². The molecular formula is C22H18Cl2N2O5S. The van der Waals surface area contributed by atoms with Gasteiger partial charge in [-0.1, -0.05) is 40.9 Å². The van der Waals surface area contributed by atoms with Gasteiger partial charge < -0.3 is 10.1 Å². The molecule has 0 radical (unpaired) electrons. The Kier molecular flexibility index (Phi) is 7.08. The second-order valence-electron chi connectivity index (χ2n) is 6.76. The fourth-order valence-corrected chi connectivity index (χ4v) is 4.49. The monoisotopic (exact) mass is 492 g/mol. The van der Waals surface area contributed by atoms with Gasteiger partial charge in [-0.25, -0.2) is 13.2 Å². The first-order valence-corrected chi connectivity index (χ1v) is 11.4. The molecule has 2 N–H and O–H groups in total. The molecule has 3 rings (SSSR count). The quantitative estimate of drug-likeness (QED) is 0.463. The molecule has 0 fully saturated rings. The van der Waals surface area contributed by atoms with Crippen LogP contribution in [0.5, 0.6) is 0 Å². The summed E-state index contributed by atoms with van der Waals surface area (Å²) in [5.41, 5.74) is 1.70. The Labute approximate surface area is 195 Å². The third-order valence-electron chi connectivity index (χ3n) is 4.42. The third kappa shape index (κ3) is 5.40. The molecule has 0 heterocycles. The molecule has 0 saturated carbocycles. The summed E-state index contributed by atoms with van der Waals surface area (Å²) in [6.45, 7) is 1.88. The number of sulfonamides is 1. The number of rotatable bonds is 6. The lowest BCUT2D eigenvalue weighted by Gasteiger charge is -2.12. The van der Waals surface area contributed by atoms with Crippen molar-refractivity contribution in [2.45, 2.75) is 11.8 Å². The molecule has 0 unspecified atom stereocenters. The fourth-order valence-electron chi connectivity index (χ4n) is 2.74. The number of anilines is 2. The number of carbonyl (C=O) groups excluding carboxylic acids is 2. The highest BCUT2D eigenvalue weighted by Crippen LogP contribution is 2.27. The Bertz CT molecular complexity index is 1290. The summed E-state index contributed by atoms with van der Waals surface area (Å²) in [6.07, 6.45) is 0. The molecule has 10 heteroatoms. The van der Waals surface area contributed by atoms with E-state index in [4.69, 9.17) is 23.2 Å². The molecule has 7 nitrogen and oxygen atoms in total. The smallest absolute Gasteiger partial charge is 0.337 e. The first kappa shape index (κ1) is 23.6. The van der Waals surface area contributed by atoms with Gasteiger partial charge in [-0.2, -0.15) is 0 Å². The molecular weight excluding hydrogens is 475 g/mol. The van der Waals surface area contributed by atoms with Crippen LogP contribution >= 0.6 is 23.2 Å². The van der Waals surface area contributed by atoms with Crippen LogP contribution in [0.1, 0.15) is 26.3 Å². The summed E-state index contributed by atoms with van der Waals surface area (Å²) < 4.78 is 32.8. The van der Waals surface area contributed by atoms with E-state index < -0.39 is 21.9 Å². The Morgan fingerprint density at radius 1 is 0.875 bits per heavy atom. The fraction of sp³-hybridized carbons (Fsp3) is 0.0909. The second-order valence-corrected chi connectivity index (χ2v) is 9.22. The second kappa shape index (κ2) is 9.60. The highest BCUT2D eigenvalue weighted by atomic mass is 35.5. The number of hydrogen-bond acceptors (Lipinski definition) is 5. The van der Waals surface area contributed by atoms with Crippen molar-refractivity contribution in [2.75, 3.05) is 17.1 Å². The van der Waals surface area contributed by atoms with E-state index in [0.717, 1.165) is 11.6 Å². The van der Waals surface area contributed by atoms with Gasteiger partial charge in [-0.3, -0.25) is 9.52 Å². The summed E-state index contributed by atoms with van der Waals surface area (Å²) in [5.74, 6) is -1.24. The predicted octanol–water partition coefficient (Wildman–Crippen LogP) is 5.14. The van der Waals surface area contributed by atoms with E-state index in [1.807, 2.05) is 6.92 Å². The molecule has 1 amide bonds. The van der Waals surface area contributed by atoms with Gasteiger partial charge in [0.1, 0.15) is 4.90 Å². The van der Waals surface area contributed by atoms with Gasteiger partial charge in [0.25, 0.3) is 15.9 Å². The highest BCUT2D eigenvalue weighted by molar-refractivity contribution is 7.92. The van der Waals surface area contributed by atoms with E-state index in [1.165, 1.54) is 37.4 Å². The zero-order valence-corrected chi connectivity index (χ0v) is 19.3. The molecule has 0 bridgehead atoms. The number of aryl methyl sites for hydroxylation is 1. The molecule has 0 aromatic heterocycles. The van der Waals surface area contributed by atoms with Crippen molar-refractivity contribution < 1.29 is 22.7 Å². The molecule has 0 aliphatic heterocycles. The first-order chi connectivity index (χ1) is 15.1. The van der Waals surface area contributed by atoms with Gasteiger partial charge >= 0.3 is 5.97 Å². The average Bonchev–Trinajstić information content (AvgIpc) is 2.76. The Hall–Kier alpha value is -3.07. The van der Waals surface area contributed by atoms with Crippen LogP contribution < -0.4 is 10.0 Å². The van der Waals surface area contributed by atoms with Crippen LogP contribution in [0.25, 0.3) is 0 Å². The van der Waals surface area contributed by atoms with Crippen LogP contribution in [0.3, 0.4) is 0 Å². The molecule has 0 aliphatic rings. The van der Waals surface area contributed by atoms with Crippen molar-refractivity contribution in [3.63, 3.8) is 0 Å². The average molecular weight is 493 g/mol. The van der Waals surface area contributed by atoms with Crippen molar-refractivity contribution in [1.82, 2.24) is 0 Å². The van der Waals surface area contributed by atoms with Gasteiger partial charge in [-0.15, -0.1) is 0 Å². The molecule has 0 atom stereocenters. The number of esters is 1. The minimum Gasteiger partial charge on any atom is -0.465 e. The van der Waals surface area contributed by atoms with Crippen molar-refractivity contribution >= 4 is 56.5 Å². The molecule has 0 aliphatic carbocycles. The maximum absolute atomic E-state index is 12.8. The number of carbonyl (C=O) groups is 2. The van der Waals surface area contributed by atoms with Crippen molar-refractivity contribution in [3.05, 3.63) is 87.4 Å². The predicted molar refractivity (Wildman–Crippen MR) is 124 cm³/mol. The van der Waals surface area contributed by atoms with Crippen LogP contribution in [-0.2, 0) is 14.8 Å². The van der Waals surface area contributed by atoms with Gasteiger partial charge in [0.05, 0.1) is 28.4 Å². The SMILES string of the molecule is COC(=O)c1ccc(Cl)c(NC(=O)c2ccc(Cl)c(S(=O)(=O)Nc3ccc(C)cc3)c2)c1. The lowest BCUT2D eigenvalue weighted by Crippen LogP contribution is -2.17. The van der Waals surface area contributed by atoms with Crippen LogP contribution in [0.15, 0.2) is 65.6 Å². The van der Waals surface area contributed by atoms with E-state index >= 15 is 0 Å². The standard InChI is InChI=1S/C22H18Cl2N2O5S/c1-13-3-7-16(8-4-13)26-32(29,30)20-12-14(5-10-18(20)24)21(27)25-19-11-15(22(28)31-2)6-9-17(19)23/h3-12,26H,1-2H3,(H,25,27). The first-order valence-electron chi connectivity index (χ1n) is 9.19. The van der Waals surface area contributed by atoms with E-state index in [0.29, 0.717) is 5.69 Å². The lowest BCUT2D eigenvalue weighted by atomic mass is 10.1. The normalized spacial score (nSPS) is 11.0. The maximum Gasteiger partial charge on any atom is 0.337 e. The van der Waals surface area contributed by atoms with Gasteiger partial charge in [0.2, 0.25) is 0 Å². The maximum atomic E-state index is 12.8. The van der Waals surface area contributed by atoms with Crippen LogP contribution in [0, 0.1) is 6.92 Å². The summed E-state index contributed by atoms with van der Waals surface area (Å²) in [7, 11) is -2.83. The van der Waals surface area contributed by atoms with E-state index in [1.54, 1.807) is 24.3 Å². The number of nitrogens with one attached hydrogen (secondary N) is 2. The van der Waals surface area contributed by atoms with Gasteiger partial charge in [0.15, 0.2) is 0 Å². The number of hydrogen-bond donors (Lipinski definition) is 2. The largest absolute Gasteiger partial charge is 0.465 e. The summed E-state index contributed by atoms with van der Waals surface area (Å²) in [6, 6.07) is 14.9. The van der Waals surface area contributed by atoms with Crippen molar-refractivity contribution in [3.8, 4) is 0 Å². The van der Waals surface area contributed by atoms with Crippen LogP contribution in [0.2, 0.25) is 10.0 Å². The third-order valence-corrected chi connectivity index (χ3v) is 6.61. The number of amides is 1. The number of halogens is 2. The number of benzene rings is 3. The number of ether oxygens (including phenoxy) is 1. The molecule has 166 valence electrons. The topological polar surface area (TPSA) is 102 Å². The molecule has 3 aromatic rings. The molecule has 0 spiro atoms. The molecule has 32 heavy (non-hydrogen) atoms. The Morgan fingerprint density at radius 3 is 2.16 bits per heavy atom. The Balaban J connectivity index is 1.89. The van der Waals surface area contributed by atoms with Gasteiger partial charge in [-0.05, 0) is 55.5 Å². The van der Waals surface area contributed by atoms with E-state index in [-0.39, 0.29) is 31.8 Å². The van der Waals surface area contributed by atoms with Gasteiger partial charge in [0, 0.05) is 11.3 Å². The number of methoxy groups -OCH3 is 1. The zero-order chi connectivity index (χ0) is 23.5. The van der Waals surface area contributed by atoms with Crippen molar-refractivity contribution in [2.24, 2.45) is 0 Å². The minimum absolute atomic E-state index is 0.0261. The highest BCUT2D eigenvalue weighted by Gasteiger charge is 2.21. The lowest BCUT2D eigenvalue weighted by molar-refractivity contribution is 0.0600. The molecule has 3 aromatic carbocycles. The van der Waals surface area contributed by atoms with E-state index in [2.05, 4.69) is 14.8 Å². The summed E-state index contributed by atoms with van der Waals surface area (Å²) >= 11 is 12.2.